The molecule has 0 aromatic heterocycles. The molecular weight excluding hydrogens is 322 g/mol. The fourth-order valence-corrected chi connectivity index (χ4v) is 2.28. The van der Waals surface area contributed by atoms with Crippen molar-refractivity contribution in [2.75, 3.05) is 11.9 Å². The average molecular weight is 341 g/mol. The first-order chi connectivity index (χ1) is 12.0. The molecule has 2 N–H and O–H groups in total. The van der Waals surface area contributed by atoms with E-state index >= 15 is 0 Å². The van der Waals surface area contributed by atoms with Gasteiger partial charge in [-0.2, -0.15) is 0 Å². The lowest BCUT2D eigenvalue weighted by Gasteiger charge is -2.14. The molecule has 0 fully saturated rings. The van der Waals surface area contributed by atoms with E-state index in [0.717, 1.165) is 0 Å². The molecule has 0 aliphatic rings. The third kappa shape index (κ3) is 4.99. The predicted molar refractivity (Wildman–Crippen MR) is 92.1 cm³/mol. The smallest absolute Gasteiger partial charge is 0.315 e. The molecule has 2 aromatic carbocycles. The maximum absolute atomic E-state index is 12.6. The molecule has 0 saturated carbocycles. The van der Waals surface area contributed by atoms with Crippen LogP contribution in [-0.2, 0) is 14.3 Å². The molecule has 25 heavy (non-hydrogen) atoms. The second-order valence-electron chi connectivity index (χ2n) is 5.25. The number of aliphatic hydroxyl groups is 1. The van der Waals surface area contributed by atoms with E-state index in [9.17, 15) is 19.5 Å². The maximum Gasteiger partial charge on any atom is 0.315 e. The zero-order valence-corrected chi connectivity index (χ0v) is 13.8. The maximum atomic E-state index is 12.6. The number of Topliss-reactive ketones (excluding diaryl/α,β-unsaturated/α-hetero) is 1. The monoisotopic (exact) mass is 341 g/mol. The number of nitrogens with one attached hydrogen (secondary N) is 1. The number of hydrogen-bond donors (Lipinski definition) is 2. The summed E-state index contributed by atoms with van der Waals surface area (Å²) in [5.74, 6) is -1.78. The van der Waals surface area contributed by atoms with E-state index in [0.29, 0.717) is 5.56 Å². The van der Waals surface area contributed by atoms with E-state index in [1.165, 1.54) is 12.1 Å². The number of hydrogen-bond acceptors (Lipinski definition) is 5. The van der Waals surface area contributed by atoms with E-state index < -0.39 is 30.2 Å². The van der Waals surface area contributed by atoms with Crippen LogP contribution in [0.1, 0.15) is 35.4 Å². The van der Waals surface area contributed by atoms with Gasteiger partial charge in [0.15, 0.2) is 5.78 Å². The first-order valence-corrected chi connectivity index (χ1v) is 7.84. The molecule has 0 aliphatic carbocycles. The van der Waals surface area contributed by atoms with Gasteiger partial charge in [-0.15, -0.1) is 0 Å². The lowest BCUT2D eigenvalue weighted by atomic mass is 9.98. The number of rotatable bonds is 7. The van der Waals surface area contributed by atoms with Crippen LogP contribution in [0.5, 0.6) is 0 Å². The van der Waals surface area contributed by atoms with Crippen LogP contribution in [0.3, 0.4) is 0 Å². The molecule has 1 amide bonds. The quantitative estimate of drug-likeness (QED) is 0.458. The largest absolute Gasteiger partial charge is 0.466 e. The summed E-state index contributed by atoms with van der Waals surface area (Å²) in [5.41, 5.74) is 0.855. The normalized spacial score (nSPS) is 11.4. The summed E-state index contributed by atoms with van der Waals surface area (Å²) in [5, 5.41) is 12.8. The molecule has 1 unspecified atom stereocenters. The summed E-state index contributed by atoms with van der Waals surface area (Å²) in [6.45, 7) is 1.83. The van der Waals surface area contributed by atoms with Crippen molar-refractivity contribution in [1.82, 2.24) is 0 Å². The molecule has 0 aliphatic heterocycles. The van der Waals surface area contributed by atoms with Crippen molar-refractivity contribution < 1.29 is 24.2 Å². The zero-order chi connectivity index (χ0) is 18.2. The van der Waals surface area contributed by atoms with Crippen LogP contribution in [-0.4, -0.2) is 29.4 Å². The van der Waals surface area contributed by atoms with Crippen LogP contribution in [0, 0.1) is 0 Å². The first kappa shape index (κ1) is 18.4. The van der Waals surface area contributed by atoms with Gasteiger partial charge in [0.1, 0.15) is 12.5 Å². The number of aliphatic hydroxyl groups excluding tert-OH is 1. The Morgan fingerprint density at radius 2 is 1.68 bits per heavy atom. The molecule has 2 rings (SSSR count). The Morgan fingerprint density at radius 3 is 2.36 bits per heavy atom. The van der Waals surface area contributed by atoms with Crippen molar-refractivity contribution in [2.45, 2.75) is 19.4 Å². The second kappa shape index (κ2) is 8.75. The van der Waals surface area contributed by atoms with Crippen LogP contribution in [0.15, 0.2) is 54.6 Å². The average Bonchev–Trinajstić information content (AvgIpc) is 2.61. The van der Waals surface area contributed by atoms with Crippen LogP contribution in [0.25, 0.3) is 0 Å². The van der Waals surface area contributed by atoms with Gasteiger partial charge in [0.05, 0.1) is 12.3 Å². The minimum Gasteiger partial charge on any atom is -0.466 e. The molecule has 6 heteroatoms. The van der Waals surface area contributed by atoms with Crippen molar-refractivity contribution >= 4 is 23.3 Å². The van der Waals surface area contributed by atoms with Gasteiger partial charge in [-0.3, -0.25) is 14.4 Å². The van der Waals surface area contributed by atoms with Crippen molar-refractivity contribution in [3.05, 3.63) is 65.7 Å². The fourth-order valence-electron chi connectivity index (χ4n) is 2.28. The Morgan fingerprint density at radius 1 is 1.04 bits per heavy atom. The third-order valence-electron chi connectivity index (χ3n) is 3.44. The SMILES string of the molecule is CCOC(=O)CC(=O)Nc1ccccc1C(=O)C(O)c1ccccc1. The van der Waals surface area contributed by atoms with Gasteiger partial charge >= 0.3 is 5.97 Å². The molecule has 0 spiro atoms. The van der Waals surface area contributed by atoms with Crippen LogP contribution < -0.4 is 5.32 Å². The van der Waals surface area contributed by atoms with Crippen LogP contribution >= 0.6 is 0 Å². The van der Waals surface area contributed by atoms with Crippen LogP contribution in [0.4, 0.5) is 5.69 Å². The summed E-state index contributed by atoms with van der Waals surface area (Å²) in [4.78, 5) is 35.9. The number of para-hydroxylation sites is 1. The third-order valence-corrected chi connectivity index (χ3v) is 3.44. The zero-order valence-electron chi connectivity index (χ0n) is 13.8. The highest BCUT2D eigenvalue weighted by molar-refractivity contribution is 6.09. The highest BCUT2D eigenvalue weighted by atomic mass is 16.5. The van der Waals surface area contributed by atoms with E-state index in [1.807, 2.05) is 0 Å². The van der Waals surface area contributed by atoms with Crippen molar-refractivity contribution in [2.24, 2.45) is 0 Å². The standard InChI is InChI=1S/C19H19NO5/c1-2-25-17(22)12-16(21)20-15-11-7-6-10-14(15)19(24)18(23)13-8-4-3-5-9-13/h3-11,18,23H,2,12H2,1H3,(H,20,21). The number of carbonyl (C=O) groups is 3. The number of carbonyl (C=O) groups excluding carboxylic acids is 3. The lowest BCUT2D eigenvalue weighted by Crippen LogP contribution is -2.21. The number of benzene rings is 2. The van der Waals surface area contributed by atoms with Crippen LogP contribution in [0.2, 0.25) is 0 Å². The van der Waals surface area contributed by atoms with E-state index in [4.69, 9.17) is 4.74 Å². The van der Waals surface area contributed by atoms with Gasteiger partial charge in [-0.1, -0.05) is 42.5 Å². The van der Waals surface area contributed by atoms with E-state index in [2.05, 4.69) is 5.32 Å². The van der Waals surface area contributed by atoms with Gasteiger partial charge in [0.25, 0.3) is 0 Å². The molecule has 130 valence electrons. The summed E-state index contributed by atoms with van der Waals surface area (Å²) in [6.07, 6.45) is -1.79. The molecule has 0 saturated heterocycles. The minimum atomic E-state index is -1.34. The van der Waals surface area contributed by atoms with Gasteiger partial charge in [0.2, 0.25) is 5.91 Å². The van der Waals surface area contributed by atoms with Crippen molar-refractivity contribution in [1.29, 1.82) is 0 Å². The molecule has 0 radical (unpaired) electrons. The Labute approximate surface area is 145 Å². The molecule has 2 aromatic rings. The van der Waals surface area contributed by atoms with E-state index in [-0.39, 0.29) is 17.9 Å². The van der Waals surface area contributed by atoms with Gasteiger partial charge in [-0.05, 0) is 24.6 Å². The summed E-state index contributed by atoms with van der Waals surface area (Å²) < 4.78 is 4.72. The summed E-state index contributed by atoms with van der Waals surface area (Å²) in [6, 6.07) is 14.8. The Balaban J connectivity index is 2.16. The predicted octanol–water partition coefficient (Wildman–Crippen LogP) is 2.49. The molecule has 0 bridgehead atoms. The fraction of sp³-hybridized carbons (Fsp3) is 0.211. The molecular formula is C19H19NO5. The molecule has 1 atom stereocenters. The number of ketones is 1. The number of amides is 1. The number of anilines is 1. The van der Waals surface area contributed by atoms with Crippen molar-refractivity contribution in [3.63, 3.8) is 0 Å². The Bertz CT molecular complexity index is 757. The second-order valence-corrected chi connectivity index (χ2v) is 5.25. The Kier molecular flexibility index (Phi) is 6.42. The minimum absolute atomic E-state index is 0.163. The highest BCUT2D eigenvalue weighted by Gasteiger charge is 2.22. The van der Waals surface area contributed by atoms with Crippen molar-refractivity contribution in [3.8, 4) is 0 Å². The molecule has 0 heterocycles. The summed E-state index contributed by atoms with van der Waals surface area (Å²) >= 11 is 0. The Hall–Kier alpha value is -2.99. The lowest BCUT2D eigenvalue weighted by molar-refractivity contribution is -0.145. The topological polar surface area (TPSA) is 92.7 Å². The first-order valence-electron chi connectivity index (χ1n) is 7.84. The number of esters is 1. The molecule has 6 nitrogen and oxygen atoms in total. The number of ether oxygens (including phenoxy) is 1. The van der Waals surface area contributed by atoms with Gasteiger partial charge in [0, 0.05) is 5.56 Å². The van der Waals surface area contributed by atoms with E-state index in [1.54, 1.807) is 49.4 Å². The van der Waals surface area contributed by atoms with Gasteiger partial charge < -0.3 is 15.2 Å². The highest BCUT2D eigenvalue weighted by Crippen LogP contribution is 2.23. The van der Waals surface area contributed by atoms with Gasteiger partial charge in [-0.25, -0.2) is 0 Å². The summed E-state index contributed by atoms with van der Waals surface area (Å²) in [7, 11) is 0.